The van der Waals surface area contributed by atoms with Gasteiger partial charge >= 0.3 is 7.12 Å². The molecule has 0 amide bonds. The van der Waals surface area contributed by atoms with Crippen LogP contribution in [0.15, 0.2) is 24.5 Å². The summed E-state index contributed by atoms with van der Waals surface area (Å²) in [5.41, 5.74) is 0.268. The van der Waals surface area contributed by atoms with Crippen LogP contribution in [-0.4, -0.2) is 27.7 Å². The van der Waals surface area contributed by atoms with Gasteiger partial charge in [-0.15, -0.1) is 0 Å². The average Bonchev–Trinajstić information content (AvgIpc) is 2.80. The molecule has 1 aliphatic rings. The number of fused-ring (bicyclic) bond motifs is 1. The van der Waals surface area contributed by atoms with Gasteiger partial charge in [0, 0.05) is 18.5 Å². The maximum absolute atomic E-state index is 13.6. The third-order valence-corrected chi connectivity index (χ3v) is 4.00. The first-order valence-corrected chi connectivity index (χ1v) is 6.28. The van der Waals surface area contributed by atoms with Gasteiger partial charge < -0.3 is 13.7 Å². The van der Waals surface area contributed by atoms with Crippen LogP contribution in [-0.2, 0) is 9.31 Å². The van der Waals surface area contributed by atoms with Crippen LogP contribution in [0.1, 0.15) is 27.7 Å². The van der Waals surface area contributed by atoms with Crippen molar-refractivity contribution in [1.29, 1.82) is 0 Å². The molecule has 6 heteroatoms. The van der Waals surface area contributed by atoms with Crippen molar-refractivity contribution in [2.75, 3.05) is 0 Å². The molecule has 0 bridgehead atoms. The molecule has 0 atom stereocenters. The Morgan fingerprint density at radius 1 is 1.16 bits per heavy atom. The summed E-state index contributed by atoms with van der Waals surface area (Å²) in [7, 11) is -0.600. The van der Waals surface area contributed by atoms with Crippen LogP contribution in [0.25, 0.3) is 5.65 Å². The number of aromatic nitrogens is 2. The van der Waals surface area contributed by atoms with Gasteiger partial charge in [-0.2, -0.15) is 0 Å². The molecule has 1 aliphatic heterocycles. The molecule has 1 fully saturated rings. The Bertz CT molecular complexity index is 623. The molecule has 1 saturated heterocycles. The van der Waals surface area contributed by atoms with Crippen molar-refractivity contribution >= 4 is 18.4 Å². The fourth-order valence-corrected chi connectivity index (χ4v) is 2.16. The van der Waals surface area contributed by atoms with E-state index in [1.165, 1.54) is 12.1 Å². The predicted molar refractivity (Wildman–Crippen MR) is 70.9 cm³/mol. The summed E-state index contributed by atoms with van der Waals surface area (Å²) in [5.74, 6) is -0.344. The van der Waals surface area contributed by atoms with E-state index >= 15 is 0 Å². The zero-order chi connectivity index (χ0) is 13.8. The molecule has 0 radical (unpaired) electrons. The Hall–Kier alpha value is -1.40. The molecule has 3 heterocycles. The van der Waals surface area contributed by atoms with Crippen molar-refractivity contribution in [1.82, 2.24) is 9.38 Å². The Morgan fingerprint density at radius 3 is 2.42 bits per heavy atom. The van der Waals surface area contributed by atoms with E-state index in [1.807, 2.05) is 27.7 Å². The minimum atomic E-state index is -0.600. The van der Waals surface area contributed by atoms with E-state index in [4.69, 9.17) is 9.31 Å². The van der Waals surface area contributed by atoms with Gasteiger partial charge in [0.25, 0.3) is 0 Å². The van der Waals surface area contributed by atoms with Gasteiger partial charge in [-0.3, -0.25) is 0 Å². The molecule has 2 aromatic heterocycles. The molecule has 3 rings (SSSR count). The summed E-state index contributed by atoms with van der Waals surface area (Å²) in [4.78, 5) is 4.10. The van der Waals surface area contributed by atoms with E-state index in [9.17, 15) is 4.39 Å². The number of imidazole rings is 1. The van der Waals surface area contributed by atoms with E-state index in [2.05, 4.69) is 4.98 Å². The van der Waals surface area contributed by atoms with Gasteiger partial charge in [0.2, 0.25) is 0 Å². The quantitative estimate of drug-likeness (QED) is 0.735. The monoisotopic (exact) mass is 262 g/mol. The molecular formula is C13H16BFN2O2. The largest absolute Gasteiger partial charge is 0.512 e. The van der Waals surface area contributed by atoms with Gasteiger partial charge in [0.1, 0.15) is 11.5 Å². The molecule has 0 saturated carbocycles. The van der Waals surface area contributed by atoms with Crippen molar-refractivity contribution in [2.45, 2.75) is 38.9 Å². The van der Waals surface area contributed by atoms with Crippen LogP contribution >= 0.6 is 0 Å². The second kappa shape index (κ2) is 3.80. The van der Waals surface area contributed by atoms with E-state index in [-0.39, 0.29) is 5.82 Å². The minimum absolute atomic E-state index is 0.344. The summed E-state index contributed by atoms with van der Waals surface area (Å²) < 4.78 is 27.3. The zero-order valence-corrected chi connectivity index (χ0v) is 11.5. The number of hydrogen-bond acceptors (Lipinski definition) is 3. The first-order valence-electron chi connectivity index (χ1n) is 6.28. The summed E-state index contributed by atoms with van der Waals surface area (Å²) in [5, 5.41) is 0. The lowest BCUT2D eigenvalue weighted by molar-refractivity contribution is 0.00578. The molecule has 19 heavy (non-hydrogen) atoms. The highest BCUT2D eigenvalue weighted by molar-refractivity contribution is 6.61. The summed E-state index contributed by atoms with van der Waals surface area (Å²) in [6.45, 7) is 7.88. The van der Waals surface area contributed by atoms with Crippen LogP contribution in [0.2, 0.25) is 0 Å². The molecule has 0 unspecified atom stereocenters. The first kappa shape index (κ1) is 12.6. The van der Waals surface area contributed by atoms with Crippen LogP contribution in [0, 0.1) is 5.82 Å². The van der Waals surface area contributed by atoms with Crippen LogP contribution < -0.4 is 5.59 Å². The van der Waals surface area contributed by atoms with Gasteiger partial charge in [-0.1, -0.05) is 0 Å². The third-order valence-electron chi connectivity index (χ3n) is 4.00. The molecule has 0 aromatic carbocycles. The smallest absolute Gasteiger partial charge is 0.398 e. The highest BCUT2D eigenvalue weighted by Gasteiger charge is 2.52. The van der Waals surface area contributed by atoms with E-state index < -0.39 is 18.3 Å². The van der Waals surface area contributed by atoms with E-state index in [0.717, 1.165) is 0 Å². The molecule has 2 aromatic rings. The lowest BCUT2D eigenvalue weighted by atomic mass is 9.84. The van der Waals surface area contributed by atoms with Gasteiger partial charge in [0.15, 0.2) is 0 Å². The van der Waals surface area contributed by atoms with Crippen LogP contribution in [0.5, 0.6) is 0 Å². The lowest BCUT2D eigenvalue weighted by Gasteiger charge is -2.32. The van der Waals surface area contributed by atoms with Crippen molar-refractivity contribution in [3.8, 4) is 0 Å². The second-order valence-electron chi connectivity index (χ2n) is 5.84. The molecular weight excluding hydrogens is 246 g/mol. The van der Waals surface area contributed by atoms with Crippen molar-refractivity contribution in [3.63, 3.8) is 0 Å². The maximum atomic E-state index is 13.6. The third kappa shape index (κ3) is 1.86. The topological polar surface area (TPSA) is 35.8 Å². The number of hydrogen-bond donors (Lipinski definition) is 0. The van der Waals surface area contributed by atoms with Crippen molar-refractivity contribution < 1.29 is 13.7 Å². The Labute approximate surface area is 111 Å². The first-order chi connectivity index (χ1) is 8.80. The summed E-state index contributed by atoms with van der Waals surface area (Å²) in [6.07, 6.45) is 3.40. The number of halogens is 1. The van der Waals surface area contributed by atoms with Crippen molar-refractivity contribution in [3.05, 3.63) is 30.3 Å². The van der Waals surface area contributed by atoms with Crippen LogP contribution in [0.3, 0.4) is 0 Å². The Balaban J connectivity index is 2.09. The van der Waals surface area contributed by atoms with Gasteiger partial charge in [-0.05, 0) is 33.8 Å². The van der Waals surface area contributed by atoms with E-state index in [1.54, 1.807) is 16.8 Å². The standard InChI is InChI=1S/C13H16BFN2O2/c1-12(2)13(3,4)19-14(18-12)10-7-9(15)8-11-16-5-6-17(10)11/h5-8H,1-4H3. The highest BCUT2D eigenvalue weighted by Crippen LogP contribution is 2.36. The molecule has 0 aliphatic carbocycles. The highest BCUT2D eigenvalue weighted by atomic mass is 19.1. The Kier molecular flexibility index (Phi) is 2.53. The molecule has 100 valence electrons. The summed E-state index contributed by atoms with van der Waals surface area (Å²) in [6, 6.07) is 2.81. The minimum Gasteiger partial charge on any atom is -0.398 e. The molecule has 0 N–H and O–H groups in total. The van der Waals surface area contributed by atoms with Crippen molar-refractivity contribution in [2.24, 2.45) is 0 Å². The fourth-order valence-electron chi connectivity index (χ4n) is 2.16. The molecule has 0 spiro atoms. The molecule has 4 nitrogen and oxygen atoms in total. The maximum Gasteiger partial charge on any atom is 0.512 e. The SMILES string of the molecule is CC1(C)OB(c2cc(F)cc3nccn23)OC1(C)C. The lowest BCUT2D eigenvalue weighted by Crippen LogP contribution is -2.41. The normalized spacial score (nSPS) is 21.2. The van der Waals surface area contributed by atoms with Gasteiger partial charge in [0.05, 0.1) is 16.8 Å². The number of nitrogens with zero attached hydrogens (tertiary/aromatic N) is 2. The zero-order valence-electron chi connectivity index (χ0n) is 11.5. The fraction of sp³-hybridized carbons (Fsp3) is 0.462. The van der Waals surface area contributed by atoms with Gasteiger partial charge in [-0.25, -0.2) is 9.37 Å². The average molecular weight is 262 g/mol. The van der Waals surface area contributed by atoms with Crippen LogP contribution in [0.4, 0.5) is 4.39 Å². The number of pyridine rings is 1. The Morgan fingerprint density at radius 2 is 1.79 bits per heavy atom. The number of rotatable bonds is 1. The van der Waals surface area contributed by atoms with E-state index in [0.29, 0.717) is 11.2 Å². The predicted octanol–water partition coefficient (Wildman–Crippen LogP) is 1.77. The summed E-state index contributed by atoms with van der Waals surface area (Å²) >= 11 is 0. The second-order valence-corrected chi connectivity index (χ2v) is 5.84.